The van der Waals surface area contributed by atoms with Crippen LogP contribution < -0.4 is 10.1 Å². The van der Waals surface area contributed by atoms with E-state index in [9.17, 15) is 9.59 Å². The zero-order chi connectivity index (χ0) is 31.9. The number of likely N-dealkylation sites (tertiary alicyclic amines) is 1. The van der Waals surface area contributed by atoms with Crippen molar-refractivity contribution in [1.82, 2.24) is 9.80 Å². The largest absolute Gasteiger partial charge is 0.491 e. The average molecular weight is 659 g/mol. The van der Waals surface area contributed by atoms with Crippen molar-refractivity contribution in [2.75, 3.05) is 44.7 Å². The second kappa shape index (κ2) is 12.9. The summed E-state index contributed by atoms with van der Waals surface area (Å²) < 4.78 is 43.3. The first-order valence-electron chi connectivity index (χ1n) is 15.2. The predicted molar refractivity (Wildman–Crippen MR) is 169 cm³/mol. The van der Waals surface area contributed by atoms with Crippen LogP contribution >= 0.6 is 23.2 Å². The smallest absolute Gasteiger partial charge is 0.238 e. The Kier molecular flexibility index (Phi) is 9.07. The molecule has 0 aromatic heterocycles. The lowest BCUT2D eigenvalue weighted by Crippen LogP contribution is -2.59. The van der Waals surface area contributed by atoms with Crippen LogP contribution in [0.3, 0.4) is 0 Å². The maximum absolute atomic E-state index is 16.4. The number of carbonyl (C=O) groups excluding carboxylic acids is 2. The third kappa shape index (κ3) is 5.80. The molecule has 1 N–H and O–H groups in total. The Morgan fingerprint density at radius 2 is 1.78 bits per heavy atom. The summed E-state index contributed by atoms with van der Waals surface area (Å²) in [4.78, 5) is 32.8. The van der Waals surface area contributed by atoms with Gasteiger partial charge in [0, 0.05) is 54.3 Å². The van der Waals surface area contributed by atoms with E-state index in [0.717, 1.165) is 19.2 Å². The SMILES string of the molecule is CC(C)Oc1ccc(F)c(F)c1[C@H]1N(CCCN2CCOCC2)C(=O)C[C@@H](c2cccc(Cl)c2)[C@]12C(=O)Nc1cc(Cl)ccc12. The van der Waals surface area contributed by atoms with Gasteiger partial charge in [-0.15, -0.1) is 0 Å². The molecule has 0 saturated carbocycles. The van der Waals surface area contributed by atoms with Crippen LogP contribution in [0.2, 0.25) is 10.0 Å². The minimum absolute atomic E-state index is 0.0544. The minimum Gasteiger partial charge on any atom is -0.491 e. The van der Waals surface area contributed by atoms with Gasteiger partial charge in [-0.25, -0.2) is 8.78 Å². The molecule has 0 bridgehead atoms. The Labute approximate surface area is 271 Å². The van der Waals surface area contributed by atoms with E-state index in [0.29, 0.717) is 53.0 Å². The third-order valence-corrected chi connectivity index (χ3v) is 9.47. The standard InChI is InChI=1S/C34H35Cl2F2N3O4/c1-20(2)45-28-10-9-26(37)31(38)30(28)32-34(24-8-7-23(36)18-27(24)39-33(34)43)25(21-5-3-6-22(35)17-21)19-29(42)41(32)12-4-11-40-13-15-44-16-14-40/h3,5-10,17-18,20,25,32H,4,11-16,19H2,1-2H3,(H,39,43)/t25-,32+,34-/m0/s1. The Morgan fingerprint density at radius 3 is 2.51 bits per heavy atom. The van der Waals surface area contributed by atoms with E-state index < -0.39 is 41.0 Å². The van der Waals surface area contributed by atoms with Crippen LogP contribution in [0.25, 0.3) is 0 Å². The molecule has 0 unspecified atom stereocenters. The van der Waals surface area contributed by atoms with Crippen molar-refractivity contribution in [3.63, 3.8) is 0 Å². The Bertz CT molecular complexity index is 1620. The molecular weight excluding hydrogens is 623 g/mol. The van der Waals surface area contributed by atoms with Crippen molar-refractivity contribution in [3.05, 3.63) is 93.0 Å². The van der Waals surface area contributed by atoms with Crippen LogP contribution in [0.4, 0.5) is 14.5 Å². The number of amides is 2. The van der Waals surface area contributed by atoms with Gasteiger partial charge in [0.25, 0.3) is 0 Å². The number of carbonyl (C=O) groups is 2. The molecule has 3 aromatic rings. The molecule has 2 fully saturated rings. The molecule has 3 heterocycles. The van der Waals surface area contributed by atoms with Crippen molar-refractivity contribution in [1.29, 1.82) is 0 Å². The molecule has 1 spiro atoms. The molecule has 45 heavy (non-hydrogen) atoms. The molecule has 2 amide bonds. The van der Waals surface area contributed by atoms with Gasteiger partial charge in [0.2, 0.25) is 11.8 Å². The normalized spacial score (nSPS) is 23.5. The van der Waals surface area contributed by atoms with Gasteiger partial charge in [-0.05, 0) is 67.8 Å². The molecule has 3 aliphatic heterocycles. The van der Waals surface area contributed by atoms with E-state index in [2.05, 4.69) is 10.2 Å². The highest BCUT2D eigenvalue weighted by Crippen LogP contribution is 2.61. The van der Waals surface area contributed by atoms with E-state index in [4.69, 9.17) is 32.7 Å². The number of hydrogen-bond donors (Lipinski definition) is 1. The number of nitrogens with zero attached hydrogens (tertiary/aromatic N) is 2. The van der Waals surface area contributed by atoms with Gasteiger partial charge >= 0.3 is 0 Å². The number of benzene rings is 3. The molecule has 7 nitrogen and oxygen atoms in total. The molecule has 2 saturated heterocycles. The maximum Gasteiger partial charge on any atom is 0.238 e. The molecule has 238 valence electrons. The van der Waals surface area contributed by atoms with Crippen LogP contribution in [0.1, 0.15) is 55.3 Å². The Morgan fingerprint density at radius 1 is 1.02 bits per heavy atom. The summed E-state index contributed by atoms with van der Waals surface area (Å²) in [7, 11) is 0. The minimum atomic E-state index is -1.58. The number of ether oxygens (including phenoxy) is 2. The topological polar surface area (TPSA) is 71.1 Å². The Balaban J connectivity index is 1.59. The van der Waals surface area contributed by atoms with E-state index in [1.165, 1.54) is 6.07 Å². The fourth-order valence-corrected chi connectivity index (χ4v) is 7.54. The fourth-order valence-electron chi connectivity index (χ4n) is 7.17. The van der Waals surface area contributed by atoms with Gasteiger partial charge in [-0.2, -0.15) is 0 Å². The van der Waals surface area contributed by atoms with E-state index >= 15 is 8.78 Å². The molecule has 0 radical (unpaired) electrons. The lowest BCUT2D eigenvalue weighted by atomic mass is 9.58. The van der Waals surface area contributed by atoms with Gasteiger partial charge in [-0.3, -0.25) is 14.5 Å². The summed E-state index contributed by atoms with van der Waals surface area (Å²) in [6.07, 6.45) is 0.0964. The highest BCUT2D eigenvalue weighted by atomic mass is 35.5. The molecular formula is C34H35Cl2F2N3O4. The number of nitrogens with one attached hydrogen (secondary N) is 1. The van der Waals surface area contributed by atoms with Crippen LogP contribution in [-0.4, -0.2) is 67.1 Å². The number of hydrogen-bond acceptors (Lipinski definition) is 5. The summed E-state index contributed by atoms with van der Waals surface area (Å²) in [6.45, 7) is 7.21. The first-order chi connectivity index (χ1) is 21.6. The summed E-state index contributed by atoms with van der Waals surface area (Å²) >= 11 is 12.8. The summed E-state index contributed by atoms with van der Waals surface area (Å²) in [5.74, 6) is -3.70. The van der Waals surface area contributed by atoms with E-state index in [1.807, 2.05) is 6.07 Å². The lowest BCUT2D eigenvalue weighted by molar-refractivity contribution is -0.146. The number of rotatable bonds is 8. The summed E-state index contributed by atoms with van der Waals surface area (Å²) in [5.41, 5.74) is -0.128. The zero-order valence-corrected chi connectivity index (χ0v) is 26.6. The summed E-state index contributed by atoms with van der Waals surface area (Å²) in [6, 6.07) is 13.2. The number of morpholine rings is 1. The first-order valence-corrected chi connectivity index (χ1v) is 16.0. The van der Waals surface area contributed by atoms with Crippen molar-refractivity contribution in [2.45, 2.75) is 50.2 Å². The second-order valence-corrected chi connectivity index (χ2v) is 12.9. The van der Waals surface area contributed by atoms with Crippen molar-refractivity contribution in [2.24, 2.45) is 0 Å². The van der Waals surface area contributed by atoms with Crippen molar-refractivity contribution in [3.8, 4) is 5.75 Å². The summed E-state index contributed by atoms with van der Waals surface area (Å²) in [5, 5.41) is 3.80. The van der Waals surface area contributed by atoms with Crippen molar-refractivity contribution >= 4 is 40.7 Å². The van der Waals surface area contributed by atoms with Gasteiger partial charge in [0.05, 0.1) is 30.9 Å². The van der Waals surface area contributed by atoms with Gasteiger partial charge < -0.3 is 19.7 Å². The van der Waals surface area contributed by atoms with Gasteiger partial charge in [0.15, 0.2) is 11.6 Å². The fraction of sp³-hybridized carbons (Fsp3) is 0.412. The average Bonchev–Trinajstić information content (AvgIpc) is 3.28. The molecule has 3 aliphatic rings. The number of piperidine rings is 1. The highest BCUT2D eigenvalue weighted by Gasteiger charge is 2.64. The molecule has 6 rings (SSSR count). The lowest BCUT2D eigenvalue weighted by Gasteiger charge is -2.52. The van der Waals surface area contributed by atoms with Crippen LogP contribution in [0.5, 0.6) is 5.75 Å². The monoisotopic (exact) mass is 657 g/mol. The number of anilines is 1. The molecule has 11 heteroatoms. The third-order valence-electron chi connectivity index (χ3n) is 9.00. The molecule has 3 atom stereocenters. The van der Waals surface area contributed by atoms with Gasteiger partial charge in [-0.1, -0.05) is 41.4 Å². The van der Waals surface area contributed by atoms with Crippen LogP contribution in [-0.2, 0) is 19.7 Å². The maximum atomic E-state index is 16.4. The second-order valence-electron chi connectivity index (χ2n) is 12.1. The van der Waals surface area contributed by atoms with E-state index in [-0.39, 0.29) is 30.2 Å². The van der Waals surface area contributed by atoms with Gasteiger partial charge in [0.1, 0.15) is 11.2 Å². The highest BCUT2D eigenvalue weighted by molar-refractivity contribution is 6.31. The molecule has 3 aromatic carbocycles. The Hall–Kier alpha value is -3.24. The number of fused-ring (bicyclic) bond motifs is 2. The van der Waals surface area contributed by atoms with E-state index in [1.54, 1.807) is 55.1 Å². The predicted octanol–water partition coefficient (Wildman–Crippen LogP) is 6.73. The number of halogens is 4. The van der Waals surface area contributed by atoms with Crippen molar-refractivity contribution < 1.29 is 27.8 Å². The first kappa shape index (κ1) is 31.7. The molecule has 0 aliphatic carbocycles. The zero-order valence-electron chi connectivity index (χ0n) is 25.1. The van der Waals surface area contributed by atoms with Crippen LogP contribution in [0, 0.1) is 11.6 Å². The quantitative estimate of drug-likeness (QED) is 0.291. The van der Waals surface area contributed by atoms with Crippen LogP contribution in [0.15, 0.2) is 54.6 Å².